The third-order valence-electron chi connectivity index (χ3n) is 4.99. The molecule has 4 rings (SSSR count). The van der Waals surface area contributed by atoms with Gasteiger partial charge in [-0.3, -0.25) is 14.7 Å². The van der Waals surface area contributed by atoms with Crippen LogP contribution in [0, 0.1) is 5.82 Å². The van der Waals surface area contributed by atoms with Gasteiger partial charge in [-0.1, -0.05) is 48.0 Å². The average molecular weight is 465 g/mol. The van der Waals surface area contributed by atoms with Crippen molar-refractivity contribution in [3.8, 4) is 0 Å². The Balaban J connectivity index is 1.45. The number of carbonyl (C=O) groups is 1. The van der Waals surface area contributed by atoms with E-state index in [1.54, 1.807) is 24.5 Å². The van der Waals surface area contributed by atoms with Gasteiger partial charge in [-0.2, -0.15) is 0 Å². The van der Waals surface area contributed by atoms with Crippen molar-refractivity contribution in [2.75, 3.05) is 0 Å². The summed E-state index contributed by atoms with van der Waals surface area (Å²) in [7, 11) is 0. The molecule has 8 heteroatoms. The molecule has 1 N–H and O–H groups in total. The predicted octanol–water partition coefficient (Wildman–Crippen LogP) is 4.99. The molecule has 0 bridgehead atoms. The molecule has 6 nitrogen and oxygen atoms in total. The molecule has 0 aliphatic heterocycles. The van der Waals surface area contributed by atoms with Crippen molar-refractivity contribution in [2.24, 2.45) is 0 Å². The third-order valence-corrected chi connectivity index (χ3v) is 5.36. The normalized spacial score (nSPS) is 11.0. The van der Waals surface area contributed by atoms with Crippen molar-refractivity contribution in [3.05, 3.63) is 118 Å². The fourth-order valence-corrected chi connectivity index (χ4v) is 3.53. The van der Waals surface area contributed by atoms with Gasteiger partial charge in [0.1, 0.15) is 12.1 Å². The SMILES string of the molecule is O=C(NCc1cccnc1)c1coc(CN(Cc2ccc(F)cc2)Cc2ccccc2Cl)n1. The molecule has 4 aromatic rings. The monoisotopic (exact) mass is 464 g/mol. The highest BCUT2D eigenvalue weighted by molar-refractivity contribution is 6.31. The van der Waals surface area contributed by atoms with E-state index in [9.17, 15) is 9.18 Å². The lowest BCUT2D eigenvalue weighted by molar-refractivity contribution is 0.0945. The Morgan fingerprint density at radius 2 is 1.82 bits per heavy atom. The van der Waals surface area contributed by atoms with Crippen LogP contribution in [0.15, 0.2) is 83.7 Å². The van der Waals surface area contributed by atoms with Crippen LogP contribution >= 0.6 is 11.6 Å². The Morgan fingerprint density at radius 1 is 1.00 bits per heavy atom. The summed E-state index contributed by atoms with van der Waals surface area (Å²) < 4.78 is 18.9. The third kappa shape index (κ3) is 6.47. The van der Waals surface area contributed by atoms with Gasteiger partial charge in [0, 0.05) is 37.1 Å². The molecule has 168 valence electrons. The molecule has 0 unspecified atom stereocenters. The van der Waals surface area contributed by atoms with E-state index in [1.807, 2.05) is 36.4 Å². The Morgan fingerprint density at radius 3 is 2.58 bits per heavy atom. The Labute approximate surface area is 196 Å². The van der Waals surface area contributed by atoms with Crippen molar-refractivity contribution in [3.63, 3.8) is 0 Å². The summed E-state index contributed by atoms with van der Waals surface area (Å²) >= 11 is 6.35. The molecular formula is C25H22ClFN4O2. The summed E-state index contributed by atoms with van der Waals surface area (Å²) in [5.74, 6) is -0.216. The zero-order valence-electron chi connectivity index (χ0n) is 17.7. The Hall–Kier alpha value is -3.55. The molecule has 0 saturated heterocycles. The van der Waals surface area contributed by atoms with Crippen LogP contribution < -0.4 is 5.32 Å². The Bertz CT molecular complexity index is 1200. The number of carbonyl (C=O) groups excluding carboxylic acids is 1. The van der Waals surface area contributed by atoms with Crippen LogP contribution in [0.4, 0.5) is 4.39 Å². The summed E-state index contributed by atoms with van der Waals surface area (Å²) in [4.78, 5) is 22.9. The fraction of sp³-hybridized carbons (Fsp3) is 0.160. The van der Waals surface area contributed by atoms with Gasteiger partial charge in [0.15, 0.2) is 5.69 Å². The molecule has 0 aliphatic carbocycles. The summed E-state index contributed by atoms with van der Waals surface area (Å²) in [6.07, 6.45) is 4.71. The summed E-state index contributed by atoms with van der Waals surface area (Å²) in [5.41, 5.74) is 2.97. The summed E-state index contributed by atoms with van der Waals surface area (Å²) in [5, 5.41) is 3.46. The van der Waals surface area contributed by atoms with E-state index >= 15 is 0 Å². The van der Waals surface area contributed by atoms with Gasteiger partial charge in [0.05, 0.1) is 6.54 Å². The quantitative estimate of drug-likeness (QED) is 0.377. The molecule has 1 amide bonds. The smallest absolute Gasteiger partial charge is 0.273 e. The fourth-order valence-electron chi connectivity index (χ4n) is 3.34. The average Bonchev–Trinajstić information content (AvgIpc) is 3.30. The second kappa shape index (κ2) is 10.8. The molecule has 2 aromatic heterocycles. The molecule has 0 saturated carbocycles. The molecule has 33 heavy (non-hydrogen) atoms. The van der Waals surface area contributed by atoms with Gasteiger partial charge in [0.2, 0.25) is 5.89 Å². The number of amides is 1. The lowest BCUT2D eigenvalue weighted by Gasteiger charge is -2.21. The summed E-state index contributed by atoms with van der Waals surface area (Å²) in [6, 6.07) is 17.6. The largest absolute Gasteiger partial charge is 0.447 e. The van der Waals surface area contributed by atoms with E-state index in [2.05, 4.69) is 20.2 Å². The van der Waals surface area contributed by atoms with E-state index in [4.69, 9.17) is 16.0 Å². The van der Waals surface area contributed by atoms with Gasteiger partial charge < -0.3 is 9.73 Å². The molecule has 0 aliphatic rings. The van der Waals surface area contributed by atoms with Crippen LogP contribution in [0.2, 0.25) is 5.02 Å². The second-order valence-corrected chi connectivity index (χ2v) is 7.94. The van der Waals surface area contributed by atoms with Crippen LogP contribution in [0.3, 0.4) is 0 Å². The number of benzene rings is 2. The first kappa shape index (κ1) is 22.6. The first-order valence-corrected chi connectivity index (χ1v) is 10.8. The number of hydrogen-bond acceptors (Lipinski definition) is 5. The lowest BCUT2D eigenvalue weighted by Crippen LogP contribution is -2.24. The molecular weight excluding hydrogens is 443 g/mol. The number of nitrogens with one attached hydrogen (secondary N) is 1. The van der Waals surface area contributed by atoms with Crippen molar-refractivity contribution in [2.45, 2.75) is 26.2 Å². The van der Waals surface area contributed by atoms with E-state index in [1.165, 1.54) is 18.4 Å². The number of hydrogen-bond donors (Lipinski definition) is 1. The maximum absolute atomic E-state index is 13.3. The van der Waals surface area contributed by atoms with Crippen molar-refractivity contribution in [1.29, 1.82) is 0 Å². The van der Waals surface area contributed by atoms with Gasteiger partial charge in [0.25, 0.3) is 5.91 Å². The van der Waals surface area contributed by atoms with E-state index in [0.29, 0.717) is 37.1 Å². The summed E-state index contributed by atoms with van der Waals surface area (Å²) in [6.45, 7) is 1.74. The van der Waals surface area contributed by atoms with Crippen LogP contribution in [0.25, 0.3) is 0 Å². The number of aromatic nitrogens is 2. The maximum atomic E-state index is 13.3. The van der Waals surface area contributed by atoms with Gasteiger partial charge in [-0.05, 0) is 41.0 Å². The zero-order chi connectivity index (χ0) is 23.0. The van der Waals surface area contributed by atoms with E-state index < -0.39 is 0 Å². The minimum absolute atomic E-state index is 0.202. The molecule has 2 heterocycles. The number of oxazole rings is 1. The maximum Gasteiger partial charge on any atom is 0.273 e. The van der Waals surface area contributed by atoms with E-state index in [-0.39, 0.29) is 17.4 Å². The number of pyridine rings is 1. The molecule has 0 fully saturated rings. The number of rotatable bonds is 9. The van der Waals surface area contributed by atoms with Crippen LogP contribution in [0.5, 0.6) is 0 Å². The topological polar surface area (TPSA) is 71.3 Å². The minimum Gasteiger partial charge on any atom is -0.447 e. The van der Waals surface area contributed by atoms with Crippen LogP contribution in [0.1, 0.15) is 33.1 Å². The zero-order valence-corrected chi connectivity index (χ0v) is 18.5. The Kier molecular flexibility index (Phi) is 7.44. The highest BCUT2D eigenvalue weighted by Crippen LogP contribution is 2.20. The van der Waals surface area contributed by atoms with Gasteiger partial charge >= 0.3 is 0 Å². The minimum atomic E-state index is -0.329. The van der Waals surface area contributed by atoms with Crippen molar-refractivity contribution >= 4 is 17.5 Å². The predicted molar refractivity (Wildman–Crippen MR) is 123 cm³/mol. The van der Waals surface area contributed by atoms with Crippen LogP contribution in [-0.2, 0) is 26.2 Å². The first-order chi connectivity index (χ1) is 16.1. The lowest BCUT2D eigenvalue weighted by atomic mass is 10.1. The van der Waals surface area contributed by atoms with Crippen molar-refractivity contribution < 1.29 is 13.6 Å². The standard InChI is InChI=1S/C25H22ClFN4O2/c26-22-6-2-1-5-20(22)15-31(14-18-7-9-21(27)10-8-18)16-24-30-23(17-33-24)25(32)29-13-19-4-3-11-28-12-19/h1-12,17H,13-16H2,(H,29,32). The highest BCUT2D eigenvalue weighted by atomic mass is 35.5. The highest BCUT2D eigenvalue weighted by Gasteiger charge is 2.16. The van der Waals surface area contributed by atoms with Crippen LogP contribution in [-0.4, -0.2) is 20.8 Å². The van der Waals surface area contributed by atoms with Gasteiger partial charge in [-0.25, -0.2) is 9.37 Å². The number of nitrogens with zero attached hydrogens (tertiary/aromatic N) is 3. The molecule has 0 atom stereocenters. The number of halogens is 2. The molecule has 0 radical (unpaired) electrons. The molecule has 2 aromatic carbocycles. The van der Waals surface area contributed by atoms with Crippen molar-refractivity contribution in [1.82, 2.24) is 20.2 Å². The first-order valence-electron chi connectivity index (χ1n) is 10.4. The second-order valence-electron chi connectivity index (χ2n) is 7.53. The van der Waals surface area contributed by atoms with E-state index in [0.717, 1.165) is 16.7 Å². The molecule has 0 spiro atoms. The van der Waals surface area contributed by atoms with Gasteiger partial charge in [-0.15, -0.1) is 0 Å².